The summed E-state index contributed by atoms with van der Waals surface area (Å²) in [5.41, 5.74) is 1.61. The number of H-pyrrole nitrogens is 1. The molecule has 1 aliphatic rings. The van der Waals surface area contributed by atoms with E-state index in [4.69, 9.17) is 4.74 Å². The summed E-state index contributed by atoms with van der Waals surface area (Å²) in [6, 6.07) is 3.04. The molecular weight excluding hydrogens is 316 g/mol. The smallest absolute Gasteiger partial charge is 0.243 e. The van der Waals surface area contributed by atoms with Crippen molar-refractivity contribution in [1.29, 1.82) is 0 Å². The fraction of sp³-hybridized carbons (Fsp3) is 0.467. The van der Waals surface area contributed by atoms with E-state index in [1.165, 1.54) is 10.6 Å². The average Bonchev–Trinajstić information content (AvgIpc) is 3.17. The number of aryl methyl sites for hydroxylation is 2. The van der Waals surface area contributed by atoms with Crippen molar-refractivity contribution in [2.45, 2.75) is 37.6 Å². The number of aromatic amines is 1. The van der Waals surface area contributed by atoms with E-state index in [0.29, 0.717) is 17.3 Å². The highest BCUT2D eigenvalue weighted by Gasteiger charge is 2.38. The average molecular weight is 336 g/mol. The van der Waals surface area contributed by atoms with Crippen LogP contribution in [0.25, 0.3) is 0 Å². The molecule has 8 heteroatoms. The minimum Gasteiger partial charge on any atom is -0.496 e. The maximum atomic E-state index is 13.1. The quantitative estimate of drug-likeness (QED) is 0.922. The molecule has 0 bridgehead atoms. The zero-order chi connectivity index (χ0) is 16.6. The van der Waals surface area contributed by atoms with Crippen LogP contribution in [-0.2, 0) is 10.0 Å². The molecule has 0 spiro atoms. The van der Waals surface area contributed by atoms with Crippen molar-refractivity contribution in [2.75, 3.05) is 13.7 Å². The second kappa shape index (κ2) is 5.93. The van der Waals surface area contributed by atoms with Gasteiger partial charge in [0, 0.05) is 6.54 Å². The number of benzene rings is 1. The lowest BCUT2D eigenvalue weighted by Crippen LogP contribution is -2.31. The van der Waals surface area contributed by atoms with Crippen molar-refractivity contribution >= 4 is 10.0 Å². The van der Waals surface area contributed by atoms with Crippen LogP contribution in [0.2, 0.25) is 0 Å². The summed E-state index contributed by atoms with van der Waals surface area (Å²) in [5.74, 6) is 1.31. The molecule has 0 saturated carbocycles. The SMILES string of the molecule is COc1c(C)cc(S(=O)(=O)N2CCC[C@@H]2c2ncn[nH]2)cc1C. The number of sulfonamides is 1. The normalized spacial score (nSPS) is 19.2. The largest absolute Gasteiger partial charge is 0.496 e. The van der Waals surface area contributed by atoms with Crippen molar-refractivity contribution in [3.63, 3.8) is 0 Å². The lowest BCUT2D eigenvalue weighted by molar-refractivity contribution is 0.383. The Bertz CT molecular complexity index is 779. The summed E-state index contributed by atoms with van der Waals surface area (Å²) in [6.45, 7) is 4.18. The van der Waals surface area contributed by atoms with Crippen molar-refractivity contribution in [3.8, 4) is 5.75 Å². The Labute approximate surface area is 135 Å². The number of hydrogen-bond donors (Lipinski definition) is 1. The fourth-order valence-corrected chi connectivity index (χ4v) is 5.03. The minimum atomic E-state index is -3.59. The number of ether oxygens (including phenoxy) is 1. The summed E-state index contributed by atoms with van der Waals surface area (Å²) < 4.78 is 33.0. The van der Waals surface area contributed by atoms with Crippen LogP contribution < -0.4 is 4.74 Å². The predicted octanol–water partition coefficient (Wildman–Crippen LogP) is 1.96. The molecule has 0 unspecified atom stereocenters. The maximum Gasteiger partial charge on any atom is 0.243 e. The number of nitrogens with one attached hydrogen (secondary N) is 1. The zero-order valence-electron chi connectivity index (χ0n) is 13.4. The van der Waals surface area contributed by atoms with Crippen LogP contribution in [-0.4, -0.2) is 41.6 Å². The monoisotopic (exact) mass is 336 g/mol. The third-order valence-corrected chi connectivity index (χ3v) is 6.08. The van der Waals surface area contributed by atoms with Gasteiger partial charge in [-0.15, -0.1) is 0 Å². The third-order valence-electron chi connectivity index (χ3n) is 4.20. The lowest BCUT2D eigenvalue weighted by atomic mass is 10.1. The Morgan fingerprint density at radius 1 is 1.30 bits per heavy atom. The fourth-order valence-electron chi connectivity index (χ4n) is 3.19. The molecule has 1 saturated heterocycles. The van der Waals surface area contributed by atoms with Crippen LogP contribution >= 0.6 is 0 Å². The van der Waals surface area contributed by atoms with Crippen molar-refractivity contribution in [2.24, 2.45) is 0 Å². The molecule has 7 nitrogen and oxygen atoms in total. The first-order valence-electron chi connectivity index (χ1n) is 7.47. The van der Waals surface area contributed by atoms with Gasteiger partial charge >= 0.3 is 0 Å². The topological polar surface area (TPSA) is 88.2 Å². The maximum absolute atomic E-state index is 13.1. The molecule has 2 heterocycles. The van der Waals surface area contributed by atoms with E-state index in [-0.39, 0.29) is 6.04 Å². The van der Waals surface area contributed by atoms with Gasteiger partial charge in [0.25, 0.3) is 0 Å². The molecule has 1 fully saturated rings. The summed E-state index contributed by atoms with van der Waals surface area (Å²) in [4.78, 5) is 4.42. The summed E-state index contributed by atoms with van der Waals surface area (Å²) >= 11 is 0. The number of rotatable bonds is 4. The van der Waals surface area contributed by atoms with E-state index in [1.54, 1.807) is 19.2 Å². The van der Waals surface area contributed by atoms with Crippen molar-refractivity contribution in [1.82, 2.24) is 19.5 Å². The van der Waals surface area contributed by atoms with Gasteiger partial charge in [0.1, 0.15) is 17.9 Å². The Morgan fingerprint density at radius 2 is 2.00 bits per heavy atom. The second-order valence-corrected chi connectivity index (χ2v) is 7.63. The van der Waals surface area contributed by atoms with Gasteiger partial charge in [0.15, 0.2) is 0 Å². The first-order valence-corrected chi connectivity index (χ1v) is 8.91. The lowest BCUT2D eigenvalue weighted by Gasteiger charge is -2.23. The summed E-state index contributed by atoms with van der Waals surface area (Å²) in [7, 11) is -2.01. The summed E-state index contributed by atoms with van der Waals surface area (Å²) in [6.07, 6.45) is 2.95. The van der Waals surface area contributed by atoms with E-state index >= 15 is 0 Å². The van der Waals surface area contributed by atoms with Gasteiger partial charge in [-0.3, -0.25) is 5.10 Å². The molecule has 0 radical (unpaired) electrons. The molecule has 1 atom stereocenters. The van der Waals surface area contributed by atoms with Crippen LogP contribution in [0, 0.1) is 13.8 Å². The van der Waals surface area contributed by atoms with Gasteiger partial charge in [-0.2, -0.15) is 9.40 Å². The van der Waals surface area contributed by atoms with E-state index in [0.717, 1.165) is 29.7 Å². The molecule has 1 aromatic carbocycles. The highest BCUT2D eigenvalue weighted by Crippen LogP contribution is 2.36. The van der Waals surface area contributed by atoms with E-state index in [2.05, 4.69) is 15.2 Å². The Kier molecular flexibility index (Phi) is 4.11. The van der Waals surface area contributed by atoms with Crippen LogP contribution in [0.5, 0.6) is 5.75 Å². The first-order chi connectivity index (χ1) is 10.9. The van der Waals surface area contributed by atoms with Gasteiger partial charge in [0.2, 0.25) is 10.0 Å². The highest BCUT2D eigenvalue weighted by molar-refractivity contribution is 7.89. The molecule has 1 aliphatic heterocycles. The van der Waals surface area contributed by atoms with Crippen LogP contribution in [0.3, 0.4) is 0 Å². The first kappa shape index (κ1) is 15.9. The van der Waals surface area contributed by atoms with Gasteiger partial charge < -0.3 is 4.74 Å². The molecule has 1 aromatic heterocycles. The van der Waals surface area contributed by atoms with E-state index in [1.807, 2.05) is 13.8 Å². The molecule has 0 amide bonds. The second-order valence-electron chi connectivity index (χ2n) is 5.73. The van der Waals surface area contributed by atoms with Crippen LogP contribution in [0.1, 0.15) is 35.8 Å². The Balaban J connectivity index is 2.01. The number of nitrogens with zero attached hydrogens (tertiary/aromatic N) is 3. The Morgan fingerprint density at radius 3 is 2.57 bits per heavy atom. The van der Waals surface area contributed by atoms with Crippen LogP contribution in [0.4, 0.5) is 0 Å². The van der Waals surface area contributed by atoms with Gasteiger partial charge in [-0.1, -0.05) is 0 Å². The number of methoxy groups -OCH3 is 1. The van der Waals surface area contributed by atoms with E-state index in [9.17, 15) is 8.42 Å². The molecule has 124 valence electrons. The Hall–Kier alpha value is -1.93. The highest BCUT2D eigenvalue weighted by atomic mass is 32.2. The summed E-state index contributed by atoms with van der Waals surface area (Å²) in [5, 5.41) is 6.62. The minimum absolute atomic E-state index is 0.287. The van der Waals surface area contributed by atoms with Gasteiger partial charge in [0.05, 0.1) is 18.0 Å². The standard InChI is InChI=1S/C15H20N4O3S/c1-10-7-12(8-11(2)14(10)22-3)23(20,21)19-6-4-5-13(19)15-16-9-17-18-15/h7-9,13H,4-6H2,1-3H3,(H,16,17,18)/t13-/m1/s1. The molecule has 3 rings (SSSR count). The molecule has 2 aromatic rings. The molecule has 23 heavy (non-hydrogen) atoms. The zero-order valence-corrected chi connectivity index (χ0v) is 14.2. The number of hydrogen-bond acceptors (Lipinski definition) is 5. The van der Waals surface area contributed by atoms with Crippen molar-refractivity contribution < 1.29 is 13.2 Å². The van der Waals surface area contributed by atoms with Gasteiger partial charge in [-0.25, -0.2) is 13.4 Å². The number of aromatic nitrogens is 3. The molecule has 1 N–H and O–H groups in total. The van der Waals surface area contributed by atoms with Crippen LogP contribution in [0.15, 0.2) is 23.4 Å². The third kappa shape index (κ3) is 2.72. The molecule has 0 aliphatic carbocycles. The van der Waals surface area contributed by atoms with Gasteiger partial charge in [-0.05, 0) is 49.9 Å². The van der Waals surface area contributed by atoms with E-state index < -0.39 is 10.0 Å². The van der Waals surface area contributed by atoms with Crippen molar-refractivity contribution in [3.05, 3.63) is 35.4 Å². The molecular formula is C15H20N4O3S. The predicted molar refractivity (Wildman–Crippen MR) is 84.7 cm³/mol.